The summed E-state index contributed by atoms with van der Waals surface area (Å²) in [6, 6.07) is 6.26. The van der Waals surface area contributed by atoms with E-state index in [2.05, 4.69) is 16.1 Å². The van der Waals surface area contributed by atoms with Crippen LogP contribution < -0.4 is 21.3 Å². The molecule has 6 nitrogen and oxygen atoms in total. The van der Waals surface area contributed by atoms with Crippen molar-refractivity contribution in [2.24, 2.45) is 5.84 Å². The number of halogens is 3. The Morgan fingerprint density at radius 2 is 2.12 bits per heavy atom. The summed E-state index contributed by atoms with van der Waals surface area (Å²) in [5, 5.41) is 3.27. The fraction of sp³-hybridized carbons (Fsp3) is 0.200. The maximum atomic E-state index is 13.0. The second-order valence-corrected chi connectivity index (χ2v) is 4.71. The van der Waals surface area contributed by atoms with Gasteiger partial charge in [0.25, 0.3) is 6.43 Å². The molecule has 24 heavy (non-hydrogen) atoms. The highest BCUT2D eigenvalue weighted by molar-refractivity contribution is 6.31. The van der Waals surface area contributed by atoms with E-state index >= 15 is 0 Å². The first kappa shape index (κ1) is 19.6. The lowest BCUT2D eigenvalue weighted by Crippen LogP contribution is -2.18. The molecule has 0 bridgehead atoms. The number of benzene rings is 1. The van der Waals surface area contributed by atoms with Crippen molar-refractivity contribution in [2.45, 2.75) is 13.0 Å². The van der Waals surface area contributed by atoms with Crippen LogP contribution in [0.15, 0.2) is 36.7 Å². The van der Waals surface area contributed by atoms with Crippen molar-refractivity contribution in [1.29, 1.82) is 0 Å². The van der Waals surface area contributed by atoms with E-state index in [0.29, 0.717) is 28.4 Å². The smallest absolute Gasteiger partial charge is 0.264 e. The lowest BCUT2D eigenvalue weighted by molar-refractivity contribution is -0.109. The van der Waals surface area contributed by atoms with Gasteiger partial charge in [0, 0.05) is 30.1 Å². The second kappa shape index (κ2) is 10.3. The molecule has 1 heterocycles. The summed E-state index contributed by atoms with van der Waals surface area (Å²) >= 11 is 5.94. The number of ether oxygens (including phenoxy) is 1. The van der Waals surface area contributed by atoms with Crippen LogP contribution in [0.4, 0.5) is 14.5 Å². The third-order valence-corrected chi connectivity index (χ3v) is 3.20. The molecule has 130 valence electrons. The van der Waals surface area contributed by atoms with Gasteiger partial charge in [0.1, 0.15) is 6.61 Å². The lowest BCUT2D eigenvalue weighted by atomic mass is 10.1. The number of carbonyl (C=O) groups excluding carboxylic acids is 1. The molecule has 0 fully saturated rings. The van der Waals surface area contributed by atoms with E-state index in [4.69, 9.17) is 21.1 Å². The molecule has 9 heteroatoms. The SMILES string of the molecule is CNc1cccc(C(F)F)c1COc1cnccc1Cl.NNC=O. The lowest BCUT2D eigenvalue weighted by Gasteiger charge is -2.15. The Morgan fingerprint density at radius 1 is 1.42 bits per heavy atom. The average Bonchev–Trinajstić information content (AvgIpc) is 2.60. The Kier molecular flexibility index (Phi) is 8.45. The predicted octanol–water partition coefficient (Wildman–Crippen LogP) is 2.90. The fourth-order valence-corrected chi connectivity index (χ4v) is 1.98. The van der Waals surface area contributed by atoms with Crippen molar-refractivity contribution in [3.63, 3.8) is 0 Å². The molecular formula is C15H17ClF2N4O2. The minimum absolute atomic E-state index is 0.0118. The maximum Gasteiger partial charge on any atom is 0.264 e. The van der Waals surface area contributed by atoms with Crippen LogP contribution >= 0.6 is 11.6 Å². The van der Waals surface area contributed by atoms with Gasteiger partial charge in [0.2, 0.25) is 6.41 Å². The highest BCUT2D eigenvalue weighted by Gasteiger charge is 2.16. The van der Waals surface area contributed by atoms with E-state index in [-0.39, 0.29) is 12.2 Å². The third kappa shape index (κ3) is 5.64. The van der Waals surface area contributed by atoms with Gasteiger partial charge < -0.3 is 10.1 Å². The van der Waals surface area contributed by atoms with Gasteiger partial charge >= 0.3 is 0 Å². The minimum atomic E-state index is -2.56. The van der Waals surface area contributed by atoms with Crippen LogP contribution in [0.3, 0.4) is 0 Å². The maximum absolute atomic E-state index is 13.0. The summed E-state index contributed by atoms with van der Waals surface area (Å²) in [4.78, 5) is 12.8. The largest absolute Gasteiger partial charge is 0.486 e. The summed E-state index contributed by atoms with van der Waals surface area (Å²) in [5.41, 5.74) is 2.70. The first-order valence-corrected chi connectivity index (χ1v) is 7.12. The van der Waals surface area contributed by atoms with Crippen LogP contribution in [-0.4, -0.2) is 18.4 Å². The molecule has 0 aliphatic carbocycles. The quantitative estimate of drug-likeness (QED) is 0.320. The number of nitrogens with one attached hydrogen (secondary N) is 2. The van der Waals surface area contributed by atoms with Crippen molar-refractivity contribution in [2.75, 3.05) is 12.4 Å². The Bertz CT molecular complexity index is 659. The molecule has 0 spiro atoms. The van der Waals surface area contributed by atoms with E-state index in [0.717, 1.165) is 0 Å². The van der Waals surface area contributed by atoms with Gasteiger partial charge in [-0.05, 0) is 12.1 Å². The zero-order valence-electron chi connectivity index (χ0n) is 12.8. The van der Waals surface area contributed by atoms with Crippen molar-refractivity contribution < 1.29 is 18.3 Å². The van der Waals surface area contributed by atoms with Crippen LogP contribution in [0.1, 0.15) is 17.6 Å². The van der Waals surface area contributed by atoms with E-state index in [1.54, 1.807) is 30.7 Å². The molecule has 0 unspecified atom stereocenters. The molecule has 0 aliphatic heterocycles. The summed E-state index contributed by atoms with van der Waals surface area (Å²) < 4.78 is 31.5. The molecule has 1 aromatic heterocycles. The molecule has 0 radical (unpaired) electrons. The van der Waals surface area contributed by atoms with E-state index in [1.807, 2.05) is 0 Å². The Labute approximate surface area is 142 Å². The van der Waals surface area contributed by atoms with Crippen LogP contribution in [0.2, 0.25) is 5.02 Å². The number of nitrogens with zero attached hydrogens (tertiary/aromatic N) is 1. The van der Waals surface area contributed by atoms with Crippen molar-refractivity contribution >= 4 is 23.7 Å². The van der Waals surface area contributed by atoms with Gasteiger partial charge in [-0.15, -0.1) is 0 Å². The highest BCUT2D eigenvalue weighted by Crippen LogP contribution is 2.30. The second-order valence-electron chi connectivity index (χ2n) is 4.30. The molecule has 0 aliphatic rings. The van der Waals surface area contributed by atoms with Crippen LogP contribution in [0.5, 0.6) is 5.75 Å². The monoisotopic (exact) mass is 358 g/mol. The van der Waals surface area contributed by atoms with Gasteiger partial charge in [-0.25, -0.2) is 14.6 Å². The first-order valence-electron chi connectivity index (χ1n) is 6.74. The van der Waals surface area contributed by atoms with E-state index < -0.39 is 6.43 Å². The Balaban J connectivity index is 0.000000648. The number of rotatable bonds is 6. The van der Waals surface area contributed by atoms with Crippen molar-refractivity contribution in [3.05, 3.63) is 52.8 Å². The van der Waals surface area contributed by atoms with Gasteiger partial charge in [-0.2, -0.15) is 0 Å². The Morgan fingerprint density at radius 3 is 2.67 bits per heavy atom. The molecule has 0 saturated heterocycles. The Hall–Kier alpha value is -2.45. The molecule has 4 N–H and O–H groups in total. The highest BCUT2D eigenvalue weighted by atomic mass is 35.5. The summed E-state index contributed by atoms with van der Waals surface area (Å²) in [6.45, 7) is -0.0118. The van der Waals surface area contributed by atoms with Crippen molar-refractivity contribution in [1.82, 2.24) is 10.4 Å². The van der Waals surface area contributed by atoms with Gasteiger partial charge in [0.05, 0.1) is 11.2 Å². The minimum Gasteiger partial charge on any atom is -0.486 e. The molecular weight excluding hydrogens is 342 g/mol. The standard InChI is InChI=1S/C14H13ClF2N2O.CH4N2O/c1-18-12-4-2-3-9(14(16)17)10(12)8-20-13-7-19-6-5-11(13)15;2-3-1-4/h2-7,14,18H,8H2,1H3;1H,2H2,(H,3,4). The fourth-order valence-electron chi connectivity index (χ4n) is 1.82. The zero-order chi connectivity index (χ0) is 17.9. The molecule has 2 rings (SSSR count). The number of amides is 1. The number of pyridine rings is 1. The average molecular weight is 359 g/mol. The molecule has 0 atom stereocenters. The molecule has 1 aromatic carbocycles. The van der Waals surface area contributed by atoms with Crippen LogP contribution in [0.25, 0.3) is 0 Å². The number of anilines is 1. The number of hydrazine groups is 1. The topological polar surface area (TPSA) is 89.3 Å². The number of nitrogens with two attached hydrogens (primary N) is 1. The molecule has 0 saturated carbocycles. The van der Waals surface area contributed by atoms with Gasteiger partial charge in [0.15, 0.2) is 5.75 Å². The predicted molar refractivity (Wildman–Crippen MR) is 87.9 cm³/mol. The zero-order valence-corrected chi connectivity index (χ0v) is 13.6. The van der Waals surface area contributed by atoms with Gasteiger partial charge in [-0.3, -0.25) is 15.2 Å². The van der Waals surface area contributed by atoms with Crippen LogP contribution in [0, 0.1) is 0 Å². The number of alkyl halides is 2. The molecule has 1 amide bonds. The normalized spacial score (nSPS) is 9.75. The number of hydrogen-bond acceptors (Lipinski definition) is 5. The van der Waals surface area contributed by atoms with E-state index in [1.165, 1.54) is 18.5 Å². The number of hydrogen-bond donors (Lipinski definition) is 3. The number of aromatic nitrogens is 1. The summed E-state index contributed by atoms with van der Waals surface area (Å²) in [6.07, 6.45) is 0.819. The number of carbonyl (C=O) groups is 1. The van der Waals surface area contributed by atoms with Crippen molar-refractivity contribution in [3.8, 4) is 5.75 Å². The van der Waals surface area contributed by atoms with Crippen LogP contribution in [-0.2, 0) is 11.4 Å². The first-order chi connectivity index (χ1) is 11.5. The summed E-state index contributed by atoms with van der Waals surface area (Å²) in [7, 11) is 1.67. The van der Waals surface area contributed by atoms with Gasteiger partial charge in [-0.1, -0.05) is 23.7 Å². The molecule has 2 aromatic rings. The third-order valence-electron chi connectivity index (χ3n) is 2.89. The summed E-state index contributed by atoms with van der Waals surface area (Å²) in [5.74, 6) is 4.77. The van der Waals surface area contributed by atoms with E-state index in [9.17, 15) is 8.78 Å².